The predicted octanol–water partition coefficient (Wildman–Crippen LogP) is 3.90. The number of nitrogens with one attached hydrogen (secondary N) is 1. The molecule has 0 saturated carbocycles. The fraction of sp³-hybridized carbons (Fsp3) is 0.438. The van der Waals surface area contributed by atoms with Crippen molar-refractivity contribution in [2.24, 2.45) is 0 Å². The second-order valence-electron chi connectivity index (χ2n) is 5.38. The van der Waals surface area contributed by atoms with Crippen molar-refractivity contribution in [2.75, 3.05) is 11.9 Å². The quantitative estimate of drug-likeness (QED) is 0.931. The minimum atomic E-state index is 0.351. The van der Waals surface area contributed by atoms with Crippen molar-refractivity contribution in [1.29, 1.82) is 0 Å². The van der Waals surface area contributed by atoms with E-state index in [0.29, 0.717) is 12.1 Å². The molecule has 112 valence electrons. The zero-order valence-electron chi connectivity index (χ0n) is 12.1. The largest absolute Gasteiger partial charge is 0.380 e. The molecule has 3 rings (SSSR count). The van der Waals surface area contributed by atoms with Gasteiger partial charge in [-0.3, -0.25) is 0 Å². The van der Waals surface area contributed by atoms with Gasteiger partial charge in [0.25, 0.3) is 0 Å². The molecule has 5 heteroatoms. The summed E-state index contributed by atoms with van der Waals surface area (Å²) in [7, 11) is 0. The molecule has 1 aromatic heterocycles. The van der Waals surface area contributed by atoms with Gasteiger partial charge in [0.2, 0.25) is 0 Å². The fourth-order valence-electron chi connectivity index (χ4n) is 2.75. The predicted molar refractivity (Wildman–Crippen MR) is 85.2 cm³/mol. The highest BCUT2D eigenvalue weighted by Gasteiger charge is 2.22. The molecule has 0 spiro atoms. The standard InChI is InChI=1S/C16H20ClN3O/c1-2-14-11-13(6-9-21-14)19-15-10-12(17)4-5-16(15)20-8-3-7-18-20/h3-5,7-8,10,13-14,19H,2,6,9,11H2,1H3. The maximum atomic E-state index is 6.16. The second kappa shape index (κ2) is 6.50. The molecule has 1 aromatic carbocycles. The molecular formula is C16H20ClN3O. The van der Waals surface area contributed by atoms with Crippen LogP contribution < -0.4 is 5.32 Å². The third-order valence-corrected chi connectivity index (χ3v) is 4.13. The summed E-state index contributed by atoms with van der Waals surface area (Å²) < 4.78 is 7.59. The Morgan fingerprint density at radius 2 is 2.38 bits per heavy atom. The summed E-state index contributed by atoms with van der Waals surface area (Å²) in [5.74, 6) is 0. The lowest BCUT2D eigenvalue weighted by atomic mass is 10.0. The number of nitrogens with zero attached hydrogens (tertiary/aromatic N) is 2. The number of anilines is 1. The summed E-state index contributed by atoms with van der Waals surface area (Å²) >= 11 is 6.16. The molecular weight excluding hydrogens is 286 g/mol. The van der Waals surface area contributed by atoms with Crippen molar-refractivity contribution in [3.05, 3.63) is 41.7 Å². The minimum Gasteiger partial charge on any atom is -0.380 e. The van der Waals surface area contributed by atoms with Gasteiger partial charge in [0.05, 0.1) is 17.5 Å². The van der Waals surface area contributed by atoms with Gasteiger partial charge in [0, 0.05) is 30.1 Å². The smallest absolute Gasteiger partial charge is 0.0877 e. The Hall–Kier alpha value is -1.52. The summed E-state index contributed by atoms with van der Waals surface area (Å²) in [6, 6.07) is 8.18. The van der Waals surface area contributed by atoms with Gasteiger partial charge in [-0.15, -0.1) is 0 Å². The Morgan fingerprint density at radius 3 is 3.14 bits per heavy atom. The van der Waals surface area contributed by atoms with Crippen LogP contribution in [0.4, 0.5) is 5.69 Å². The Labute approximate surface area is 130 Å². The first-order valence-electron chi connectivity index (χ1n) is 7.44. The topological polar surface area (TPSA) is 39.1 Å². The van der Waals surface area contributed by atoms with Crippen LogP contribution in [0.1, 0.15) is 26.2 Å². The maximum absolute atomic E-state index is 6.16. The summed E-state index contributed by atoms with van der Waals surface area (Å²) in [6.07, 6.45) is 7.17. The fourth-order valence-corrected chi connectivity index (χ4v) is 2.92. The van der Waals surface area contributed by atoms with Crippen LogP contribution >= 0.6 is 11.6 Å². The van der Waals surface area contributed by atoms with E-state index in [0.717, 1.165) is 42.3 Å². The van der Waals surface area contributed by atoms with Gasteiger partial charge in [-0.05, 0) is 43.5 Å². The van der Waals surface area contributed by atoms with E-state index in [2.05, 4.69) is 17.3 Å². The molecule has 0 bridgehead atoms. The van der Waals surface area contributed by atoms with Gasteiger partial charge < -0.3 is 10.1 Å². The van der Waals surface area contributed by atoms with Crippen molar-refractivity contribution >= 4 is 17.3 Å². The van der Waals surface area contributed by atoms with Crippen LogP contribution in [0.15, 0.2) is 36.7 Å². The summed E-state index contributed by atoms with van der Waals surface area (Å²) in [4.78, 5) is 0. The first-order valence-corrected chi connectivity index (χ1v) is 7.81. The molecule has 1 saturated heterocycles. The molecule has 4 nitrogen and oxygen atoms in total. The highest BCUT2D eigenvalue weighted by Crippen LogP contribution is 2.27. The molecule has 0 radical (unpaired) electrons. The molecule has 0 amide bonds. The third-order valence-electron chi connectivity index (χ3n) is 3.89. The van der Waals surface area contributed by atoms with Crippen LogP contribution in [-0.4, -0.2) is 28.5 Å². The number of aromatic nitrogens is 2. The van der Waals surface area contributed by atoms with E-state index in [9.17, 15) is 0 Å². The number of ether oxygens (including phenoxy) is 1. The minimum absolute atomic E-state index is 0.351. The molecule has 21 heavy (non-hydrogen) atoms. The Balaban J connectivity index is 1.82. The monoisotopic (exact) mass is 305 g/mol. The van der Waals surface area contributed by atoms with Gasteiger partial charge in [0.1, 0.15) is 0 Å². The summed E-state index contributed by atoms with van der Waals surface area (Å²) in [6.45, 7) is 2.98. The van der Waals surface area contributed by atoms with Crippen LogP contribution in [0.5, 0.6) is 0 Å². The maximum Gasteiger partial charge on any atom is 0.0877 e. The van der Waals surface area contributed by atoms with E-state index in [1.165, 1.54) is 0 Å². The lowest BCUT2D eigenvalue weighted by Gasteiger charge is -2.30. The average Bonchev–Trinajstić information content (AvgIpc) is 3.02. The van der Waals surface area contributed by atoms with Gasteiger partial charge in [-0.1, -0.05) is 18.5 Å². The molecule has 2 atom stereocenters. The molecule has 1 N–H and O–H groups in total. The van der Waals surface area contributed by atoms with E-state index in [1.807, 2.05) is 35.1 Å². The lowest BCUT2D eigenvalue weighted by Crippen LogP contribution is -2.34. The zero-order chi connectivity index (χ0) is 14.7. The van der Waals surface area contributed by atoms with Crippen molar-refractivity contribution < 1.29 is 4.74 Å². The van der Waals surface area contributed by atoms with Crippen molar-refractivity contribution in [2.45, 2.75) is 38.3 Å². The van der Waals surface area contributed by atoms with E-state index in [4.69, 9.17) is 16.3 Å². The molecule has 2 aromatic rings. The Kier molecular flexibility index (Phi) is 4.46. The van der Waals surface area contributed by atoms with Gasteiger partial charge in [-0.2, -0.15) is 5.10 Å². The Morgan fingerprint density at radius 1 is 1.48 bits per heavy atom. The van der Waals surface area contributed by atoms with Crippen LogP contribution in [0, 0.1) is 0 Å². The van der Waals surface area contributed by atoms with Crippen molar-refractivity contribution in [3.8, 4) is 5.69 Å². The van der Waals surface area contributed by atoms with Gasteiger partial charge >= 0.3 is 0 Å². The van der Waals surface area contributed by atoms with Crippen LogP contribution in [0.3, 0.4) is 0 Å². The first kappa shape index (κ1) is 14.4. The highest BCUT2D eigenvalue weighted by molar-refractivity contribution is 6.31. The number of halogens is 1. The summed E-state index contributed by atoms with van der Waals surface area (Å²) in [5, 5.41) is 8.66. The number of hydrogen-bond acceptors (Lipinski definition) is 3. The zero-order valence-corrected chi connectivity index (χ0v) is 12.9. The van der Waals surface area contributed by atoms with Crippen molar-refractivity contribution in [1.82, 2.24) is 9.78 Å². The van der Waals surface area contributed by atoms with Crippen molar-refractivity contribution in [3.63, 3.8) is 0 Å². The Bertz CT molecular complexity index is 585. The van der Waals surface area contributed by atoms with Crippen LogP contribution in [-0.2, 0) is 4.74 Å². The normalized spacial score (nSPS) is 22.2. The third kappa shape index (κ3) is 3.39. The molecule has 2 unspecified atom stereocenters. The second-order valence-corrected chi connectivity index (χ2v) is 5.82. The number of rotatable bonds is 4. The van der Waals surface area contributed by atoms with Gasteiger partial charge in [-0.25, -0.2) is 4.68 Å². The molecule has 2 heterocycles. The van der Waals surface area contributed by atoms with Crippen LogP contribution in [0.2, 0.25) is 5.02 Å². The van der Waals surface area contributed by atoms with Gasteiger partial charge in [0.15, 0.2) is 0 Å². The average molecular weight is 306 g/mol. The highest BCUT2D eigenvalue weighted by atomic mass is 35.5. The van der Waals surface area contributed by atoms with E-state index in [1.54, 1.807) is 6.20 Å². The number of benzene rings is 1. The lowest BCUT2D eigenvalue weighted by molar-refractivity contribution is 0.00925. The van der Waals surface area contributed by atoms with E-state index in [-0.39, 0.29) is 0 Å². The van der Waals surface area contributed by atoms with E-state index >= 15 is 0 Å². The van der Waals surface area contributed by atoms with Crippen LogP contribution in [0.25, 0.3) is 5.69 Å². The van der Waals surface area contributed by atoms with E-state index < -0.39 is 0 Å². The molecule has 1 fully saturated rings. The first-order chi connectivity index (χ1) is 10.3. The SMILES string of the molecule is CCC1CC(Nc2cc(Cl)ccc2-n2cccn2)CCO1. The molecule has 1 aliphatic heterocycles. The molecule has 1 aliphatic rings. The molecule has 0 aliphatic carbocycles. The summed E-state index contributed by atoms with van der Waals surface area (Å²) in [5.41, 5.74) is 2.04. The number of hydrogen-bond donors (Lipinski definition) is 1.